The van der Waals surface area contributed by atoms with Crippen LogP contribution in [0.25, 0.3) is 0 Å². The van der Waals surface area contributed by atoms with E-state index in [0.29, 0.717) is 5.92 Å². The molecule has 10 heavy (non-hydrogen) atoms. The second kappa shape index (κ2) is 5.21. The maximum absolute atomic E-state index is 4.02. The van der Waals surface area contributed by atoms with Gasteiger partial charge in [-0.15, -0.1) is 0 Å². The van der Waals surface area contributed by atoms with Crippen molar-refractivity contribution in [2.75, 3.05) is 7.05 Å². The largest absolute Gasteiger partial charge is 0.293 e. The van der Waals surface area contributed by atoms with Gasteiger partial charge in [0.1, 0.15) is 0 Å². The summed E-state index contributed by atoms with van der Waals surface area (Å²) in [5.41, 5.74) is 1.10. The Kier molecular flexibility index (Phi) is 4.91. The van der Waals surface area contributed by atoms with E-state index in [1.807, 2.05) is 14.0 Å². The van der Waals surface area contributed by atoms with Crippen LogP contribution in [0.2, 0.25) is 0 Å². The fourth-order valence-corrected chi connectivity index (χ4v) is 0.514. The topological polar surface area (TPSA) is 12.4 Å². The Labute approximate surface area is 63.9 Å². The second-order valence-corrected chi connectivity index (χ2v) is 2.61. The summed E-state index contributed by atoms with van der Waals surface area (Å²) in [6.45, 7) is 6.41. The molecule has 0 spiro atoms. The van der Waals surface area contributed by atoms with Crippen molar-refractivity contribution in [3.05, 3.63) is 12.2 Å². The lowest BCUT2D eigenvalue weighted by Gasteiger charge is -1.98. The van der Waals surface area contributed by atoms with E-state index >= 15 is 0 Å². The molecular weight excluding hydrogens is 122 g/mol. The summed E-state index contributed by atoms with van der Waals surface area (Å²) in [6.07, 6.45) is 5.48. The first-order valence-corrected chi connectivity index (χ1v) is 3.82. The van der Waals surface area contributed by atoms with Gasteiger partial charge in [-0.05, 0) is 18.9 Å². The fraction of sp³-hybridized carbons (Fsp3) is 0.667. The highest BCUT2D eigenvalue weighted by Crippen LogP contribution is 2.01. The molecule has 0 saturated heterocycles. The van der Waals surface area contributed by atoms with Crippen molar-refractivity contribution in [1.29, 1.82) is 0 Å². The summed E-state index contributed by atoms with van der Waals surface area (Å²) in [4.78, 5) is 4.02. The molecule has 58 valence electrons. The van der Waals surface area contributed by atoms with Gasteiger partial charge in [-0.1, -0.05) is 26.3 Å². The minimum absolute atomic E-state index is 0.677. The quantitative estimate of drug-likeness (QED) is 0.533. The van der Waals surface area contributed by atoms with Crippen molar-refractivity contribution < 1.29 is 0 Å². The van der Waals surface area contributed by atoms with E-state index in [1.165, 1.54) is 6.42 Å². The molecule has 0 aliphatic carbocycles. The van der Waals surface area contributed by atoms with Gasteiger partial charge >= 0.3 is 0 Å². The zero-order chi connectivity index (χ0) is 7.98. The fourth-order valence-electron chi connectivity index (χ4n) is 0.514. The Morgan fingerprint density at radius 3 is 2.60 bits per heavy atom. The second-order valence-electron chi connectivity index (χ2n) is 2.61. The number of hydrogen-bond acceptors (Lipinski definition) is 1. The third-order valence-corrected chi connectivity index (χ3v) is 1.66. The standard InChI is InChI=1S/C9H17N/c1-5-8(2)6-7-9(3)10-4/h6-8H,5H2,1-4H3/b7-6-,10-9?. The molecule has 0 amide bonds. The molecule has 1 heteroatoms. The molecule has 0 N–H and O–H groups in total. The number of rotatable bonds is 3. The number of aliphatic imine (C=N–C) groups is 1. The van der Waals surface area contributed by atoms with Crippen molar-refractivity contribution >= 4 is 5.71 Å². The van der Waals surface area contributed by atoms with Gasteiger partial charge in [0, 0.05) is 12.8 Å². The minimum atomic E-state index is 0.677. The summed E-state index contributed by atoms with van der Waals surface area (Å²) in [6, 6.07) is 0. The molecule has 0 heterocycles. The van der Waals surface area contributed by atoms with Crippen LogP contribution in [-0.2, 0) is 0 Å². The van der Waals surface area contributed by atoms with Crippen LogP contribution in [0, 0.1) is 5.92 Å². The predicted molar refractivity (Wildman–Crippen MR) is 47.6 cm³/mol. The zero-order valence-corrected chi connectivity index (χ0v) is 7.39. The molecule has 0 aromatic carbocycles. The number of allylic oxidation sites excluding steroid dienone is 2. The van der Waals surface area contributed by atoms with Crippen LogP contribution < -0.4 is 0 Å². The highest BCUT2D eigenvalue weighted by molar-refractivity contribution is 5.92. The van der Waals surface area contributed by atoms with Crippen molar-refractivity contribution in [2.24, 2.45) is 10.9 Å². The van der Waals surface area contributed by atoms with Gasteiger partial charge in [0.05, 0.1) is 0 Å². The summed E-state index contributed by atoms with van der Waals surface area (Å²) >= 11 is 0. The SMILES string of the molecule is CCC(C)/C=C\C(C)=NC. The van der Waals surface area contributed by atoms with Gasteiger partial charge in [-0.3, -0.25) is 4.99 Å². The lowest BCUT2D eigenvalue weighted by atomic mass is 10.1. The van der Waals surface area contributed by atoms with Crippen molar-refractivity contribution in [3.63, 3.8) is 0 Å². The van der Waals surface area contributed by atoms with Crippen LogP contribution in [0.1, 0.15) is 27.2 Å². The van der Waals surface area contributed by atoms with Crippen molar-refractivity contribution in [1.82, 2.24) is 0 Å². The normalized spacial score (nSPS) is 16.2. The zero-order valence-electron chi connectivity index (χ0n) is 7.39. The minimum Gasteiger partial charge on any atom is -0.293 e. The molecule has 0 fully saturated rings. The third-order valence-electron chi connectivity index (χ3n) is 1.66. The average Bonchev–Trinajstić information content (AvgIpc) is 1.99. The van der Waals surface area contributed by atoms with Gasteiger partial charge < -0.3 is 0 Å². The van der Waals surface area contributed by atoms with Crippen LogP contribution in [0.5, 0.6) is 0 Å². The molecule has 1 nitrogen and oxygen atoms in total. The smallest absolute Gasteiger partial charge is 0.0310 e. The molecule has 1 unspecified atom stereocenters. The van der Waals surface area contributed by atoms with Crippen LogP contribution in [-0.4, -0.2) is 12.8 Å². The van der Waals surface area contributed by atoms with E-state index in [9.17, 15) is 0 Å². The lowest BCUT2D eigenvalue weighted by Crippen LogP contribution is -1.88. The van der Waals surface area contributed by atoms with E-state index in [2.05, 4.69) is 31.0 Å². The summed E-state index contributed by atoms with van der Waals surface area (Å²) in [5, 5.41) is 0. The maximum atomic E-state index is 4.02. The van der Waals surface area contributed by atoms with Crippen LogP contribution in [0.15, 0.2) is 17.1 Å². The first-order valence-electron chi connectivity index (χ1n) is 3.82. The van der Waals surface area contributed by atoms with Crippen LogP contribution in [0.4, 0.5) is 0 Å². The molecule has 0 aromatic rings. The van der Waals surface area contributed by atoms with Gasteiger partial charge in [-0.25, -0.2) is 0 Å². The van der Waals surface area contributed by atoms with Gasteiger partial charge in [0.25, 0.3) is 0 Å². The van der Waals surface area contributed by atoms with Gasteiger partial charge in [0.15, 0.2) is 0 Å². The summed E-state index contributed by atoms with van der Waals surface area (Å²) < 4.78 is 0. The van der Waals surface area contributed by atoms with Gasteiger partial charge in [0.2, 0.25) is 0 Å². The Balaban J connectivity index is 3.75. The first kappa shape index (κ1) is 9.41. The van der Waals surface area contributed by atoms with Gasteiger partial charge in [-0.2, -0.15) is 0 Å². The first-order chi connectivity index (χ1) is 4.70. The highest BCUT2D eigenvalue weighted by atomic mass is 14.7. The monoisotopic (exact) mass is 139 g/mol. The Bertz CT molecular complexity index is 134. The summed E-state index contributed by atoms with van der Waals surface area (Å²) in [7, 11) is 1.82. The molecular formula is C9H17N. The molecule has 0 aliphatic rings. The molecule has 0 aromatic heterocycles. The van der Waals surface area contributed by atoms with Crippen LogP contribution >= 0.6 is 0 Å². The van der Waals surface area contributed by atoms with Crippen molar-refractivity contribution in [2.45, 2.75) is 27.2 Å². The van der Waals surface area contributed by atoms with E-state index in [4.69, 9.17) is 0 Å². The lowest BCUT2D eigenvalue weighted by molar-refractivity contribution is 0.699. The molecule has 0 aliphatic heterocycles. The maximum Gasteiger partial charge on any atom is 0.0310 e. The van der Waals surface area contributed by atoms with E-state index in [-0.39, 0.29) is 0 Å². The molecule has 0 saturated carbocycles. The highest BCUT2D eigenvalue weighted by Gasteiger charge is 1.89. The molecule has 0 rings (SSSR count). The van der Waals surface area contributed by atoms with E-state index in [1.54, 1.807) is 0 Å². The Hall–Kier alpha value is -0.590. The number of nitrogens with zero attached hydrogens (tertiary/aromatic N) is 1. The van der Waals surface area contributed by atoms with E-state index in [0.717, 1.165) is 5.71 Å². The number of hydrogen-bond donors (Lipinski definition) is 0. The summed E-state index contributed by atoms with van der Waals surface area (Å²) in [5.74, 6) is 0.677. The Morgan fingerprint density at radius 1 is 1.60 bits per heavy atom. The van der Waals surface area contributed by atoms with Crippen LogP contribution in [0.3, 0.4) is 0 Å². The van der Waals surface area contributed by atoms with Crippen molar-refractivity contribution in [3.8, 4) is 0 Å². The molecule has 1 atom stereocenters. The average molecular weight is 139 g/mol. The Morgan fingerprint density at radius 2 is 2.20 bits per heavy atom. The molecule has 0 bridgehead atoms. The predicted octanol–water partition coefficient (Wildman–Crippen LogP) is 2.68. The molecule has 0 radical (unpaired) electrons. The third kappa shape index (κ3) is 4.30. The van der Waals surface area contributed by atoms with E-state index < -0.39 is 0 Å².